The van der Waals surface area contributed by atoms with Crippen molar-refractivity contribution in [1.29, 1.82) is 0 Å². The summed E-state index contributed by atoms with van der Waals surface area (Å²) in [6, 6.07) is 2.44. The summed E-state index contributed by atoms with van der Waals surface area (Å²) in [5.74, 6) is 1.13. The van der Waals surface area contributed by atoms with Crippen molar-refractivity contribution in [1.82, 2.24) is 5.32 Å². The summed E-state index contributed by atoms with van der Waals surface area (Å²) in [5.41, 5.74) is 1.18. The van der Waals surface area contributed by atoms with Gasteiger partial charge in [-0.3, -0.25) is 0 Å². The van der Waals surface area contributed by atoms with Crippen LogP contribution in [0.5, 0.6) is 0 Å². The molecular weight excluding hydrogens is 250 g/mol. The summed E-state index contributed by atoms with van der Waals surface area (Å²) in [4.78, 5) is 0. The highest BCUT2D eigenvalue weighted by Gasteiger charge is 2.37. The zero-order valence-electron chi connectivity index (χ0n) is 12.7. The number of nitrogens with one attached hydrogen (secondary N) is 1. The molecule has 2 N–H and O–H groups in total. The number of aliphatic hydroxyl groups is 1. The highest BCUT2D eigenvalue weighted by molar-refractivity contribution is 5.24. The van der Waals surface area contributed by atoms with Crippen molar-refractivity contribution in [3.05, 3.63) is 23.7 Å². The van der Waals surface area contributed by atoms with Crippen molar-refractivity contribution in [2.24, 2.45) is 5.41 Å². The van der Waals surface area contributed by atoms with E-state index >= 15 is 0 Å². The van der Waals surface area contributed by atoms with E-state index in [4.69, 9.17) is 4.42 Å². The largest absolute Gasteiger partial charge is 0.469 e. The fraction of sp³-hybridized carbons (Fsp3) is 0.765. The van der Waals surface area contributed by atoms with Crippen LogP contribution >= 0.6 is 0 Å². The van der Waals surface area contributed by atoms with Gasteiger partial charge in [0.05, 0.1) is 11.9 Å². The number of hydrogen-bond acceptors (Lipinski definition) is 3. The topological polar surface area (TPSA) is 45.4 Å². The maximum Gasteiger partial charge on any atom is 0.108 e. The second-order valence-corrected chi connectivity index (χ2v) is 7.51. The van der Waals surface area contributed by atoms with Crippen LogP contribution in [0.4, 0.5) is 0 Å². The van der Waals surface area contributed by atoms with E-state index in [-0.39, 0.29) is 0 Å². The summed E-state index contributed by atoms with van der Waals surface area (Å²) in [6.07, 6.45) is 9.23. The predicted molar refractivity (Wildman–Crippen MR) is 79.6 cm³/mol. The van der Waals surface area contributed by atoms with Gasteiger partial charge in [-0.05, 0) is 50.0 Å². The molecule has 1 saturated carbocycles. The number of furan rings is 1. The molecular formula is C17H27NO2. The summed E-state index contributed by atoms with van der Waals surface area (Å²) < 4.78 is 5.53. The average Bonchev–Trinajstić information content (AvgIpc) is 2.89. The van der Waals surface area contributed by atoms with E-state index in [9.17, 15) is 5.11 Å². The molecule has 0 saturated heterocycles. The van der Waals surface area contributed by atoms with Gasteiger partial charge in [-0.2, -0.15) is 0 Å². The summed E-state index contributed by atoms with van der Waals surface area (Å²) in [7, 11) is 0. The standard InChI is InChI=1S/C17H27NO2/c1-16(2)7-9-17(19,10-8-16)12-18-14-4-3-5-15-13(14)6-11-20-15/h6,11,14,18-19H,3-5,7-10,12H2,1-2H3. The average molecular weight is 277 g/mol. The zero-order valence-corrected chi connectivity index (χ0v) is 12.7. The van der Waals surface area contributed by atoms with Crippen molar-refractivity contribution in [3.63, 3.8) is 0 Å². The minimum absolute atomic E-state index is 0.358. The van der Waals surface area contributed by atoms with Crippen LogP contribution in [0, 0.1) is 5.41 Å². The molecule has 3 heteroatoms. The third-order valence-corrected chi connectivity index (χ3v) is 5.26. The minimum atomic E-state index is -0.517. The van der Waals surface area contributed by atoms with E-state index in [2.05, 4.69) is 25.2 Å². The lowest BCUT2D eigenvalue weighted by Crippen LogP contribution is -2.46. The first-order valence-corrected chi connectivity index (χ1v) is 8.00. The molecule has 1 atom stereocenters. The summed E-state index contributed by atoms with van der Waals surface area (Å²) >= 11 is 0. The zero-order chi connectivity index (χ0) is 14.2. The van der Waals surface area contributed by atoms with Crippen LogP contribution in [-0.2, 0) is 6.42 Å². The predicted octanol–water partition coefficient (Wildman–Crippen LogP) is 3.58. The van der Waals surface area contributed by atoms with Gasteiger partial charge in [0.2, 0.25) is 0 Å². The van der Waals surface area contributed by atoms with Crippen molar-refractivity contribution in [2.75, 3.05) is 6.54 Å². The Morgan fingerprint density at radius 3 is 2.80 bits per heavy atom. The summed E-state index contributed by atoms with van der Waals surface area (Å²) in [5, 5.41) is 14.3. The van der Waals surface area contributed by atoms with Gasteiger partial charge in [-0.15, -0.1) is 0 Å². The molecule has 0 spiro atoms. The Morgan fingerprint density at radius 1 is 1.30 bits per heavy atom. The Bertz CT molecular complexity index is 453. The van der Waals surface area contributed by atoms with Gasteiger partial charge in [0.15, 0.2) is 0 Å². The third kappa shape index (κ3) is 2.94. The first-order chi connectivity index (χ1) is 9.48. The smallest absolute Gasteiger partial charge is 0.108 e. The number of rotatable bonds is 3. The molecule has 0 radical (unpaired) electrons. The molecule has 20 heavy (non-hydrogen) atoms. The molecule has 112 valence electrons. The highest BCUT2D eigenvalue weighted by atomic mass is 16.3. The number of aryl methyl sites for hydroxylation is 1. The van der Waals surface area contributed by atoms with Crippen LogP contribution in [0.25, 0.3) is 0 Å². The normalized spacial score (nSPS) is 28.1. The van der Waals surface area contributed by atoms with Crippen LogP contribution < -0.4 is 5.32 Å². The molecule has 1 unspecified atom stereocenters. The van der Waals surface area contributed by atoms with Gasteiger partial charge < -0.3 is 14.8 Å². The monoisotopic (exact) mass is 277 g/mol. The second kappa shape index (κ2) is 5.19. The number of fused-ring (bicyclic) bond motifs is 1. The van der Waals surface area contributed by atoms with E-state index in [1.807, 2.05) is 0 Å². The Morgan fingerprint density at radius 2 is 2.05 bits per heavy atom. The molecule has 1 aromatic heterocycles. The van der Waals surface area contributed by atoms with Crippen molar-refractivity contribution >= 4 is 0 Å². The van der Waals surface area contributed by atoms with Gasteiger partial charge in [-0.25, -0.2) is 0 Å². The van der Waals surface area contributed by atoms with E-state index in [1.54, 1.807) is 6.26 Å². The van der Waals surface area contributed by atoms with E-state index in [1.165, 1.54) is 12.0 Å². The van der Waals surface area contributed by atoms with Crippen molar-refractivity contribution in [3.8, 4) is 0 Å². The van der Waals surface area contributed by atoms with Crippen molar-refractivity contribution in [2.45, 2.75) is 70.4 Å². The highest BCUT2D eigenvalue weighted by Crippen LogP contribution is 2.40. The van der Waals surface area contributed by atoms with Crippen LogP contribution in [-0.4, -0.2) is 17.3 Å². The quantitative estimate of drug-likeness (QED) is 0.887. The Labute approximate surface area is 121 Å². The lowest BCUT2D eigenvalue weighted by molar-refractivity contribution is -0.0264. The molecule has 0 bridgehead atoms. The first kappa shape index (κ1) is 14.2. The maximum atomic E-state index is 10.7. The van der Waals surface area contributed by atoms with Crippen LogP contribution in [0.1, 0.15) is 69.7 Å². The maximum absolute atomic E-state index is 10.7. The molecule has 2 aliphatic carbocycles. The third-order valence-electron chi connectivity index (χ3n) is 5.26. The SMILES string of the molecule is CC1(C)CCC(O)(CNC2CCCc3occc32)CC1. The molecule has 0 aromatic carbocycles. The second-order valence-electron chi connectivity index (χ2n) is 7.51. The molecule has 0 amide bonds. The minimum Gasteiger partial charge on any atom is -0.469 e. The van der Waals surface area contributed by atoms with Crippen molar-refractivity contribution < 1.29 is 9.52 Å². The van der Waals surface area contributed by atoms with E-state index in [0.29, 0.717) is 18.0 Å². The molecule has 1 fully saturated rings. The Kier molecular flexibility index (Phi) is 3.67. The molecule has 3 nitrogen and oxygen atoms in total. The molecule has 1 heterocycles. The first-order valence-electron chi connectivity index (χ1n) is 8.00. The number of hydrogen-bond donors (Lipinski definition) is 2. The lowest BCUT2D eigenvalue weighted by atomic mass is 9.71. The van der Waals surface area contributed by atoms with Gasteiger partial charge in [0.25, 0.3) is 0 Å². The molecule has 2 aliphatic rings. The van der Waals surface area contributed by atoms with Gasteiger partial charge in [-0.1, -0.05) is 13.8 Å². The Hall–Kier alpha value is -0.800. The molecule has 0 aliphatic heterocycles. The van der Waals surface area contributed by atoms with Gasteiger partial charge >= 0.3 is 0 Å². The van der Waals surface area contributed by atoms with E-state index < -0.39 is 5.60 Å². The Balaban J connectivity index is 1.58. The fourth-order valence-corrected chi connectivity index (χ4v) is 3.58. The van der Waals surface area contributed by atoms with Gasteiger partial charge in [0.1, 0.15) is 5.76 Å². The molecule has 1 aromatic rings. The lowest BCUT2D eigenvalue weighted by Gasteiger charge is -2.41. The van der Waals surface area contributed by atoms with Gasteiger partial charge in [0, 0.05) is 24.6 Å². The fourth-order valence-electron chi connectivity index (χ4n) is 3.58. The van der Waals surface area contributed by atoms with Crippen LogP contribution in [0.3, 0.4) is 0 Å². The van der Waals surface area contributed by atoms with Crippen LogP contribution in [0.15, 0.2) is 16.7 Å². The van der Waals surface area contributed by atoms with Crippen LogP contribution in [0.2, 0.25) is 0 Å². The molecule has 3 rings (SSSR count). The van der Waals surface area contributed by atoms with E-state index in [0.717, 1.165) is 44.3 Å². The summed E-state index contributed by atoms with van der Waals surface area (Å²) in [6.45, 7) is 5.32.